The molecule has 0 radical (unpaired) electrons. The van der Waals surface area contributed by atoms with Gasteiger partial charge in [0, 0.05) is 30.7 Å². The predicted molar refractivity (Wildman–Crippen MR) is 176 cm³/mol. The second kappa shape index (κ2) is 15.1. The molecule has 11 heteroatoms. The van der Waals surface area contributed by atoms with Gasteiger partial charge in [0.15, 0.2) is 0 Å². The second-order valence-corrected chi connectivity index (χ2v) is 12.4. The highest BCUT2D eigenvalue weighted by Gasteiger charge is 2.41. The number of esters is 1. The second-order valence-electron chi connectivity index (χ2n) is 12.0. The Morgan fingerprint density at radius 1 is 0.979 bits per heavy atom. The lowest BCUT2D eigenvalue weighted by Gasteiger charge is -2.27. The summed E-state index contributed by atoms with van der Waals surface area (Å²) in [5, 5.41) is 0.230. The number of ether oxygens (including phenoxy) is 3. The zero-order valence-corrected chi connectivity index (χ0v) is 27.8. The molecule has 1 heterocycles. The van der Waals surface area contributed by atoms with Crippen LogP contribution in [0.5, 0.6) is 23.0 Å². The van der Waals surface area contributed by atoms with Crippen LogP contribution in [0.4, 0.5) is 13.2 Å². The molecule has 1 aromatic heterocycles. The molecule has 250 valence electrons. The van der Waals surface area contributed by atoms with Crippen LogP contribution >= 0.6 is 11.6 Å². The van der Waals surface area contributed by atoms with Gasteiger partial charge < -0.3 is 18.6 Å². The van der Waals surface area contributed by atoms with Gasteiger partial charge in [-0.1, -0.05) is 51.4 Å². The molecule has 7 nitrogen and oxygen atoms in total. The third-order valence-electron chi connectivity index (χ3n) is 7.05. The highest BCUT2D eigenvalue weighted by Crippen LogP contribution is 2.41. The summed E-state index contributed by atoms with van der Waals surface area (Å²) < 4.78 is 65.5. The number of carbonyl (C=O) groups is 1. The molecule has 0 fully saturated rings. The van der Waals surface area contributed by atoms with Crippen molar-refractivity contribution >= 4 is 34.6 Å². The summed E-state index contributed by atoms with van der Waals surface area (Å²) in [6.45, 7) is 11.0. The van der Waals surface area contributed by atoms with Crippen molar-refractivity contribution in [3.63, 3.8) is 0 Å². The average molecular weight is 672 g/mol. The van der Waals surface area contributed by atoms with Crippen LogP contribution in [0.15, 0.2) is 69.9 Å². The molecule has 0 bridgehead atoms. The molecule has 4 rings (SSSR count). The Morgan fingerprint density at radius 2 is 1.62 bits per heavy atom. The molecule has 0 aliphatic carbocycles. The van der Waals surface area contributed by atoms with Gasteiger partial charge in [0.1, 0.15) is 22.8 Å². The van der Waals surface area contributed by atoms with Crippen molar-refractivity contribution < 1.29 is 36.6 Å². The first-order chi connectivity index (χ1) is 22.2. The van der Waals surface area contributed by atoms with E-state index in [9.17, 15) is 22.8 Å². The molecule has 0 unspecified atom stereocenters. The molecule has 0 aliphatic rings. The largest absolute Gasteiger partial charge is 0.497 e. The van der Waals surface area contributed by atoms with Crippen LogP contribution in [0.3, 0.4) is 0 Å². The topological polar surface area (TPSA) is 78.2 Å². The Morgan fingerprint density at radius 3 is 2.19 bits per heavy atom. The third kappa shape index (κ3) is 9.17. The minimum atomic E-state index is -5.09. The number of alkyl halides is 3. The van der Waals surface area contributed by atoms with Gasteiger partial charge in [-0.2, -0.15) is 13.2 Å². The van der Waals surface area contributed by atoms with E-state index >= 15 is 0 Å². The summed E-state index contributed by atoms with van der Waals surface area (Å²) in [6.07, 6.45) is -2.35. The molecule has 0 N–H and O–H groups in total. The highest BCUT2D eigenvalue weighted by atomic mass is 35.5. The normalized spacial score (nSPS) is 12.1. The van der Waals surface area contributed by atoms with Crippen molar-refractivity contribution in [2.75, 3.05) is 20.2 Å². The van der Waals surface area contributed by atoms with Crippen LogP contribution in [0.25, 0.3) is 17.0 Å². The molecular formula is C36H37ClF3NO6. The minimum Gasteiger partial charge on any atom is -0.497 e. The van der Waals surface area contributed by atoms with E-state index in [0.717, 1.165) is 0 Å². The van der Waals surface area contributed by atoms with E-state index < -0.39 is 29.1 Å². The first-order valence-electron chi connectivity index (χ1n) is 15.1. The van der Waals surface area contributed by atoms with E-state index in [1.807, 2.05) is 32.6 Å². The highest BCUT2D eigenvalue weighted by molar-refractivity contribution is 6.31. The van der Waals surface area contributed by atoms with Crippen molar-refractivity contribution in [2.24, 2.45) is 11.8 Å². The molecule has 0 saturated heterocycles. The number of rotatable bonds is 12. The van der Waals surface area contributed by atoms with Crippen LogP contribution < -0.4 is 19.6 Å². The fraction of sp³-hybridized carbons (Fsp3) is 0.333. The molecule has 47 heavy (non-hydrogen) atoms. The first-order valence-corrected chi connectivity index (χ1v) is 15.4. The van der Waals surface area contributed by atoms with Gasteiger partial charge in [-0.05, 0) is 78.4 Å². The van der Waals surface area contributed by atoms with Crippen molar-refractivity contribution in [1.82, 2.24) is 4.90 Å². The number of hydrogen-bond acceptors (Lipinski definition) is 7. The van der Waals surface area contributed by atoms with Crippen molar-refractivity contribution in [2.45, 2.75) is 47.3 Å². The lowest BCUT2D eigenvalue weighted by Crippen LogP contribution is -2.31. The Bertz CT molecular complexity index is 1800. The first kappa shape index (κ1) is 35.6. The van der Waals surface area contributed by atoms with Crippen LogP contribution in [0.1, 0.15) is 50.1 Å². The maximum absolute atomic E-state index is 14.5. The van der Waals surface area contributed by atoms with Gasteiger partial charge in [-0.15, -0.1) is 0 Å². The molecule has 0 amide bonds. The van der Waals surface area contributed by atoms with E-state index in [1.54, 1.807) is 38.3 Å². The summed E-state index contributed by atoms with van der Waals surface area (Å²) in [5.41, 5.74) is 0.0122. The number of nitrogens with zero attached hydrogens (tertiary/aromatic N) is 1. The summed E-state index contributed by atoms with van der Waals surface area (Å²) in [7, 11) is 1.54. The van der Waals surface area contributed by atoms with E-state index in [2.05, 4.69) is 0 Å². The van der Waals surface area contributed by atoms with Gasteiger partial charge in [-0.25, -0.2) is 4.79 Å². The Balaban J connectivity index is 1.85. The number of benzene rings is 3. The van der Waals surface area contributed by atoms with E-state index in [1.165, 1.54) is 42.5 Å². The third-order valence-corrected chi connectivity index (χ3v) is 7.48. The quantitative estimate of drug-likeness (QED) is 0.0844. The molecule has 0 spiro atoms. The molecule has 3 aromatic carbocycles. The van der Waals surface area contributed by atoms with Gasteiger partial charge in [-0.3, -0.25) is 9.69 Å². The zero-order valence-electron chi connectivity index (χ0n) is 27.0. The fourth-order valence-electron chi connectivity index (χ4n) is 5.08. The van der Waals surface area contributed by atoms with Crippen molar-refractivity contribution in [1.29, 1.82) is 0 Å². The summed E-state index contributed by atoms with van der Waals surface area (Å²) in [4.78, 5) is 28.8. The van der Waals surface area contributed by atoms with Crippen molar-refractivity contribution in [3.8, 4) is 23.0 Å². The molecule has 4 aromatic rings. The molecule has 0 atom stereocenters. The number of hydrogen-bond donors (Lipinski definition) is 0. The van der Waals surface area contributed by atoms with Crippen LogP contribution in [-0.2, 0) is 17.5 Å². The van der Waals surface area contributed by atoms with E-state index in [0.29, 0.717) is 35.0 Å². The van der Waals surface area contributed by atoms with Crippen LogP contribution in [0, 0.1) is 18.8 Å². The van der Waals surface area contributed by atoms with Crippen LogP contribution in [-0.4, -0.2) is 31.1 Å². The Labute approximate surface area is 276 Å². The summed E-state index contributed by atoms with van der Waals surface area (Å²) in [5.74, 6) is -2.36. The summed E-state index contributed by atoms with van der Waals surface area (Å²) >= 11 is 6.07. The maximum atomic E-state index is 14.5. The molecule has 0 saturated carbocycles. The maximum Gasteiger partial charge on any atom is 0.453 e. The predicted octanol–water partition coefficient (Wildman–Crippen LogP) is 9.31. The van der Waals surface area contributed by atoms with Gasteiger partial charge in [0.2, 0.25) is 11.2 Å². The average Bonchev–Trinajstić information content (AvgIpc) is 2.99. The smallest absolute Gasteiger partial charge is 0.453 e. The summed E-state index contributed by atoms with van der Waals surface area (Å²) in [6, 6.07) is 13.9. The lowest BCUT2D eigenvalue weighted by molar-refractivity contribution is -0.154. The minimum absolute atomic E-state index is 0.0153. The number of halogens is 4. The zero-order chi connectivity index (χ0) is 34.5. The lowest BCUT2D eigenvalue weighted by atomic mass is 10.1. The molecular weight excluding hydrogens is 635 g/mol. The van der Waals surface area contributed by atoms with Gasteiger partial charge >= 0.3 is 12.1 Å². The van der Waals surface area contributed by atoms with Gasteiger partial charge in [0.05, 0.1) is 18.1 Å². The molecule has 0 aliphatic heterocycles. The SMILES string of the molecule is COc1ccc(C=CC(=O)Oc2ccc3c(=O)c(Oc4ccc(Cl)c(C)c4)c(C(F)(F)F)oc3c2CN(CC(C)C)CC(C)C)cc1. The Kier molecular flexibility index (Phi) is 11.4. The fourth-order valence-corrected chi connectivity index (χ4v) is 5.20. The van der Waals surface area contributed by atoms with E-state index in [4.69, 9.17) is 30.2 Å². The number of methoxy groups -OCH3 is 1. The standard InChI is InChI=1S/C36H37ClF3NO6/c1-21(2)18-41(19-22(3)4)20-28-30(46-31(42)16-9-24-7-10-25(44-6)11-8-24)15-13-27-32(43)34(35(36(38,39)40)47-33(27)28)45-26-12-14-29(37)23(5)17-26/h7-17,21-22H,18-20H2,1-6H3. The van der Waals surface area contributed by atoms with Crippen LogP contribution in [0.2, 0.25) is 5.02 Å². The number of carbonyl (C=O) groups excluding carboxylic acids is 1. The number of fused-ring (bicyclic) bond motifs is 1. The monoisotopic (exact) mass is 671 g/mol. The van der Waals surface area contributed by atoms with E-state index in [-0.39, 0.29) is 46.4 Å². The van der Waals surface area contributed by atoms with Gasteiger partial charge in [0.25, 0.3) is 5.76 Å². The number of aryl methyl sites for hydroxylation is 1. The van der Waals surface area contributed by atoms with Crippen molar-refractivity contribution in [3.05, 3.63) is 98.4 Å². The Hall–Kier alpha value is -4.28.